The predicted molar refractivity (Wildman–Crippen MR) is 91.1 cm³/mol. The summed E-state index contributed by atoms with van der Waals surface area (Å²) in [5, 5.41) is 0. The van der Waals surface area contributed by atoms with Crippen LogP contribution in [0.2, 0.25) is 0 Å². The minimum absolute atomic E-state index is 0.233. The Morgan fingerprint density at radius 1 is 1.45 bits per heavy atom. The van der Waals surface area contributed by atoms with Crippen molar-refractivity contribution in [1.29, 1.82) is 0 Å². The number of nitrogen functional groups attached to an aromatic ring is 1. The van der Waals surface area contributed by atoms with E-state index in [1.54, 1.807) is 18.2 Å². The highest BCUT2D eigenvalue weighted by molar-refractivity contribution is 7.89. The van der Waals surface area contributed by atoms with Crippen LogP contribution >= 0.6 is 0 Å². The summed E-state index contributed by atoms with van der Waals surface area (Å²) >= 11 is 0. The van der Waals surface area contributed by atoms with Crippen molar-refractivity contribution in [2.75, 3.05) is 5.73 Å². The molecule has 0 spiro atoms. The van der Waals surface area contributed by atoms with Gasteiger partial charge in [0.1, 0.15) is 0 Å². The second-order valence-corrected chi connectivity index (χ2v) is 7.78. The third kappa shape index (κ3) is 3.99. The number of hydrogen-bond donors (Lipinski definition) is 2. The molecular formula is C17H24N2O2S. The van der Waals surface area contributed by atoms with Crippen molar-refractivity contribution in [1.82, 2.24) is 4.72 Å². The summed E-state index contributed by atoms with van der Waals surface area (Å²) in [6.45, 7) is 7.65. The number of anilines is 1. The zero-order valence-corrected chi connectivity index (χ0v) is 14.0. The molecule has 0 aromatic heterocycles. The van der Waals surface area contributed by atoms with Crippen LogP contribution in [0.1, 0.15) is 38.7 Å². The van der Waals surface area contributed by atoms with Gasteiger partial charge in [0.05, 0.1) is 4.90 Å². The van der Waals surface area contributed by atoms with Crippen LogP contribution in [0.15, 0.2) is 47.4 Å². The van der Waals surface area contributed by atoms with E-state index in [4.69, 9.17) is 5.73 Å². The Balaban J connectivity index is 2.14. The van der Waals surface area contributed by atoms with Crippen LogP contribution in [0.4, 0.5) is 5.69 Å². The number of allylic oxidation sites excluding steroid dienone is 3. The SMILES string of the molecule is C=C/C(=C\C)CCc1ccc(S(=O)(=O)NC2(C)CC2)cc1N. The lowest BCUT2D eigenvalue weighted by molar-refractivity contribution is 0.558. The molecule has 1 saturated carbocycles. The van der Waals surface area contributed by atoms with Gasteiger partial charge >= 0.3 is 0 Å². The molecule has 3 N–H and O–H groups in total. The molecule has 1 aromatic carbocycles. The van der Waals surface area contributed by atoms with E-state index in [1.165, 1.54) is 0 Å². The van der Waals surface area contributed by atoms with Crippen LogP contribution in [0.5, 0.6) is 0 Å². The van der Waals surface area contributed by atoms with E-state index in [-0.39, 0.29) is 10.4 Å². The van der Waals surface area contributed by atoms with Crippen molar-refractivity contribution in [2.24, 2.45) is 0 Å². The Hall–Kier alpha value is -1.59. The number of sulfonamides is 1. The molecular weight excluding hydrogens is 296 g/mol. The molecule has 2 rings (SSSR count). The third-order valence-corrected chi connectivity index (χ3v) is 5.76. The Morgan fingerprint density at radius 3 is 2.64 bits per heavy atom. The largest absolute Gasteiger partial charge is 0.398 e. The van der Waals surface area contributed by atoms with Gasteiger partial charge in [0.15, 0.2) is 0 Å². The quantitative estimate of drug-likeness (QED) is 0.599. The maximum Gasteiger partial charge on any atom is 0.241 e. The van der Waals surface area contributed by atoms with Gasteiger partial charge in [-0.15, -0.1) is 0 Å². The van der Waals surface area contributed by atoms with Crippen LogP contribution < -0.4 is 10.5 Å². The molecule has 0 bridgehead atoms. The van der Waals surface area contributed by atoms with E-state index in [9.17, 15) is 8.42 Å². The zero-order valence-electron chi connectivity index (χ0n) is 13.2. The Bertz CT molecular complexity index is 701. The fourth-order valence-corrected chi connectivity index (χ4v) is 3.78. The lowest BCUT2D eigenvalue weighted by Gasteiger charge is -2.14. The van der Waals surface area contributed by atoms with E-state index >= 15 is 0 Å². The molecule has 22 heavy (non-hydrogen) atoms. The minimum atomic E-state index is -3.49. The Kier molecular flexibility index (Phi) is 4.78. The van der Waals surface area contributed by atoms with Crippen molar-refractivity contribution in [2.45, 2.75) is 50.0 Å². The molecule has 4 nitrogen and oxygen atoms in total. The number of rotatable bonds is 7. The van der Waals surface area contributed by atoms with E-state index < -0.39 is 10.0 Å². The average molecular weight is 320 g/mol. The van der Waals surface area contributed by atoms with Crippen LogP contribution in [-0.4, -0.2) is 14.0 Å². The Morgan fingerprint density at radius 2 is 2.14 bits per heavy atom. The number of hydrogen-bond acceptors (Lipinski definition) is 3. The number of nitrogens with two attached hydrogens (primary N) is 1. The molecule has 0 aliphatic heterocycles. The molecule has 0 heterocycles. The molecule has 0 atom stereocenters. The van der Waals surface area contributed by atoms with E-state index in [0.717, 1.165) is 36.8 Å². The highest BCUT2D eigenvalue weighted by Crippen LogP contribution is 2.36. The highest BCUT2D eigenvalue weighted by Gasteiger charge is 2.41. The monoisotopic (exact) mass is 320 g/mol. The fraction of sp³-hybridized carbons (Fsp3) is 0.412. The first-order chi connectivity index (χ1) is 10.3. The van der Waals surface area contributed by atoms with Gasteiger partial charge in [0, 0.05) is 11.2 Å². The summed E-state index contributed by atoms with van der Waals surface area (Å²) in [6, 6.07) is 4.98. The van der Waals surface area contributed by atoms with Crippen molar-refractivity contribution in [3.05, 3.63) is 48.1 Å². The molecule has 0 radical (unpaired) electrons. The standard InChI is InChI=1S/C17H24N2O2S/c1-4-13(5-2)6-7-14-8-9-15(12-16(14)18)22(20,21)19-17(3)10-11-17/h4-5,8-9,12,19H,1,6-7,10-11,18H2,2-3H3/b13-5+. The first-order valence-corrected chi connectivity index (χ1v) is 8.98. The minimum Gasteiger partial charge on any atom is -0.398 e. The van der Waals surface area contributed by atoms with Gasteiger partial charge in [-0.05, 0) is 57.2 Å². The van der Waals surface area contributed by atoms with Crippen molar-refractivity contribution in [3.63, 3.8) is 0 Å². The average Bonchev–Trinajstić information content (AvgIpc) is 3.17. The second-order valence-electron chi connectivity index (χ2n) is 6.09. The summed E-state index contributed by atoms with van der Waals surface area (Å²) in [7, 11) is -3.49. The van der Waals surface area contributed by atoms with Gasteiger partial charge in [-0.3, -0.25) is 0 Å². The van der Waals surface area contributed by atoms with Crippen molar-refractivity contribution >= 4 is 15.7 Å². The summed E-state index contributed by atoms with van der Waals surface area (Å²) in [5.41, 5.74) is 8.37. The number of aryl methyl sites for hydroxylation is 1. The first kappa shape index (κ1) is 16.8. The summed E-state index contributed by atoms with van der Waals surface area (Å²) in [6.07, 6.45) is 7.22. The normalized spacial score (nSPS) is 17.3. The fourth-order valence-electron chi connectivity index (χ4n) is 2.28. The first-order valence-electron chi connectivity index (χ1n) is 7.50. The van der Waals surface area contributed by atoms with E-state index in [2.05, 4.69) is 11.3 Å². The zero-order chi connectivity index (χ0) is 16.4. The maximum atomic E-state index is 12.3. The lowest BCUT2D eigenvalue weighted by Crippen LogP contribution is -2.34. The number of nitrogens with one attached hydrogen (secondary N) is 1. The van der Waals surface area contributed by atoms with Gasteiger partial charge in [-0.1, -0.05) is 30.4 Å². The molecule has 0 amide bonds. The Labute approximate surface area is 133 Å². The molecule has 1 aromatic rings. The van der Waals surface area contributed by atoms with E-state index in [1.807, 2.05) is 26.0 Å². The van der Waals surface area contributed by atoms with Crippen molar-refractivity contribution < 1.29 is 8.42 Å². The lowest BCUT2D eigenvalue weighted by atomic mass is 10.0. The summed E-state index contributed by atoms with van der Waals surface area (Å²) in [4.78, 5) is 0.233. The molecule has 0 saturated heterocycles. The summed E-state index contributed by atoms with van der Waals surface area (Å²) < 4.78 is 27.4. The van der Waals surface area contributed by atoms with Crippen LogP contribution in [0, 0.1) is 0 Å². The molecule has 1 aliphatic carbocycles. The molecule has 5 heteroatoms. The van der Waals surface area contributed by atoms with Gasteiger partial charge in [0.2, 0.25) is 10.0 Å². The van der Waals surface area contributed by atoms with E-state index in [0.29, 0.717) is 5.69 Å². The van der Waals surface area contributed by atoms with Crippen molar-refractivity contribution in [3.8, 4) is 0 Å². The number of benzene rings is 1. The van der Waals surface area contributed by atoms with Gasteiger partial charge in [0.25, 0.3) is 0 Å². The summed E-state index contributed by atoms with van der Waals surface area (Å²) in [5.74, 6) is 0. The predicted octanol–water partition coefficient (Wildman–Crippen LogP) is 3.16. The van der Waals surface area contributed by atoms with Crippen LogP contribution in [0.25, 0.3) is 0 Å². The smallest absolute Gasteiger partial charge is 0.241 e. The van der Waals surface area contributed by atoms with Gasteiger partial charge in [-0.25, -0.2) is 13.1 Å². The third-order valence-electron chi connectivity index (χ3n) is 4.12. The van der Waals surface area contributed by atoms with Gasteiger partial charge < -0.3 is 5.73 Å². The highest BCUT2D eigenvalue weighted by atomic mass is 32.2. The molecule has 1 aliphatic rings. The van der Waals surface area contributed by atoms with Crippen LogP contribution in [-0.2, 0) is 16.4 Å². The van der Waals surface area contributed by atoms with Crippen LogP contribution in [0.3, 0.4) is 0 Å². The molecule has 1 fully saturated rings. The molecule has 120 valence electrons. The second kappa shape index (κ2) is 6.26. The van der Waals surface area contributed by atoms with Gasteiger partial charge in [-0.2, -0.15) is 0 Å². The maximum absolute atomic E-state index is 12.3. The molecule has 0 unspecified atom stereocenters. The topological polar surface area (TPSA) is 72.2 Å².